The summed E-state index contributed by atoms with van der Waals surface area (Å²) in [5, 5.41) is 18.2. The van der Waals surface area contributed by atoms with E-state index in [1.807, 2.05) is 60.7 Å². The van der Waals surface area contributed by atoms with Gasteiger partial charge in [-0.25, -0.2) is 0 Å². The molecule has 0 aromatic heterocycles. The van der Waals surface area contributed by atoms with Crippen LogP contribution in [0, 0.1) is 10.8 Å². The van der Waals surface area contributed by atoms with Crippen molar-refractivity contribution in [3.63, 3.8) is 0 Å². The predicted octanol–water partition coefficient (Wildman–Crippen LogP) is 4.59. The van der Waals surface area contributed by atoms with Crippen LogP contribution in [0.1, 0.15) is 64.5 Å². The Bertz CT molecular complexity index is 1010. The lowest BCUT2D eigenvalue weighted by Crippen LogP contribution is -2.55. The highest BCUT2D eigenvalue weighted by molar-refractivity contribution is 6.01. The maximum absolute atomic E-state index is 12.4. The number of carbonyl (C=O) groups excluding carboxylic acids is 2. The highest BCUT2D eigenvalue weighted by Gasteiger charge is 2.59. The van der Waals surface area contributed by atoms with Gasteiger partial charge in [0.25, 0.3) is 0 Å². The molecule has 2 fully saturated rings. The van der Waals surface area contributed by atoms with Crippen molar-refractivity contribution in [3.8, 4) is 0 Å². The van der Waals surface area contributed by atoms with E-state index in [9.17, 15) is 9.59 Å². The minimum atomic E-state index is -1.23. The molecular weight excluding hydrogens is 512 g/mol. The third-order valence-corrected chi connectivity index (χ3v) is 7.27. The molecule has 8 heteroatoms. The number of aliphatic hydroxyl groups excluding tert-OH is 2. The number of rotatable bonds is 12. The first kappa shape index (κ1) is 31.7. The zero-order chi connectivity index (χ0) is 29.2. The Labute approximate surface area is 237 Å². The van der Waals surface area contributed by atoms with Crippen LogP contribution >= 0.6 is 0 Å². The number of carbonyl (C=O) groups is 2. The second-order valence-electron chi connectivity index (χ2n) is 11.5. The largest absolute Gasteiger partial charge is 0.462 e. The minimum Gasteiger partial charge on any atom is -0.462 e. The molecule has 0 bridgehead atoms. The van der Waals surface area contributed by atoms with E-state index in [4.69, 9.17) is 29.2 Å². The third kappa shape index (κ3) is 8.61. The van der Waals surface area contributed by atoms with Crippen molar-refractivity contribution in [2.24, 2.45) is 10.8 Å². The maximum atomic E-state index is 12.4. The molecular formula is C32H44O8. The molecule has 2 aromatic rings. The van der Waals surface area contributed by atoms with E-state index in [-0.39, 0.29) is 43.0 Å². The summed E-state index contributed by atoms with van der Waals surface area (Å²) < 4.78 is 22.1. The monoisotopic (exact) mass is 556 g/mol. The average Bonchev–Trinajstić information content (AvgIpc) is 2.88. The fourth-order valence-electron chi connectivity index (χ4n) is 4.81. The van der Waals surface area contributed by atoms with Crippen molar-refractivity contribution in [3.05, 3.63) is 71.8 Å². The number of esters is 2. The normalized spacial score (nSPS) is 17.8. The van der Waals surface area contributed by atoms with E-state index >= 15 is 0 Å². The Balaban J connectivity index is 0.000000238. The molecule has 0 aliphatic heterocycles. The molecule has 2 aromatic carbocycles. The van der Waals surface area contributed by atoms with Crippen molar-refractivity contribution in [1.82, 2.24) is 0 Å². The number of benzene rings is 2. The van der Waals surface area contributed by atoms with Gasteiger partial charge in [-0.1, -0.05) is 60.7 Å². The molecule has 40 heavy (non-hydrogen) atoms. The second kappa shape index (κ2) is 14.7. The van der Waals surface area contributed by atoms with Gasteiger partial charge in [-0.2, -0.15) is 0 Å². The topological polar surface area (TPSA) is 112 Å². The molecule has 2 aliphatic carbocycles. The van der Waals surface area contributed by atoms with Crippen LogP contribution in [0.25, 0.3) is 0 Å². The fraction of sp³-hybridized carbons (Fsp3) is 0.562. The van der Waals surface area contributed by atoms with E-state index in [1.54, 1.807) is 27.7 Å². The smallest absolute Gasteiger partial charge is 0.323 e. The van der Waals surface area contributed by atoms with Crippen molar-refractivity contribution in [2.75, 3.05) is 13.2 Å². The van der Waals surface area contributed by atoms with Crippen LogP contribution in [0.2, 0.25) is 0 Å². The van der Waals surface area contributed by atoms with Gasteiger partial charge < -0.3 is 29.2 Å². The van der Waals surface area contributed by atoms with Gasteiger partial charge in [0.05, 0.1) is 50.8 Å². The summed E-state index contributed by atoms with van der Waals surface area (Å²) in [6, 6.07) is 19.8. The quantitative estimate of drug-likeness (QED) is 0.288. The molecule has 0 unspecified atom stereocenters. The number of hydrogen-bond acceptors (Lipinski definition) is 8. The zero-order valence-corrected chi connectivity index (χ0v) is 24.1. The Hall–Kier alpha value is -2.78. The highest BCUT2D eigenvalue weighted by Crippen LogP contribution is 2.46. The highest BCUT2D eigenvalue weighted by atomic mass is 16.6. The van der Waals surface area contributed by atoms with Gasteiger partial charge in [0, 0.05) is 18.3 Å². The number of aliphatic hydroxyl groups is 2. The molecule has 2 aliphatic rings. The van der Waals surface area contributed by atoms with Crippen LogP contribution in [0.3, 0.4) is 0 Å². The lowest BCUT2D eigenvalue weighted by molar-refractivity contribution is -0.197. The molecule has 2 N–H and O–H groups in total. The van der Waals surface area contributed by atoms with Crippen molar-refractivity contribution in [1.29, 1.82) is 0 Å². The standard InChI is InChI=1S/C19H26O5.C13H18O3/c1-13(2)23-17(20)19(18(21)24-14(3)4)10-16(11-19)22-12-15-8-6-5-7-9-15;14-9-13(10-15)6-12(7-13)16-8-11-4-2-1-3-5-11/h5-9,13-14,16H,10-12H2,1-4H3;1-5,12,14-15H,6-10H2. The Kier molecular flexibility index (Phi) is 11.7. The molecule has 4 rings (SSSR count). The van der Waals surface area contributed by atoms with Crippen LogP contribution in [0.15, 0.2) is 60.7 Å². The van der Waals surface area contributed by atoms with E-state index < -0.39 is 17.4 Å². The first-order valence-electron chi connectivity index (χ1n) is 14.1. The second-order valence-corrected chi connectivity index (χ2v) is 11.5. The maximum Gasteiger partial charge on any atom is 0.323 e. The fourth-order valence-corrected chi connectivity index (χ4v) is 4.81. The van der Waals surface area contributed by atoms with Gasteiger partial charge in [-0.3, -0.25) is 9.59 Å². The molecule has 0 radical (unpaired) electrons. The molecule has 2 saturated carbocycles. The van der Waals surface area contributed by atoms with Gasteiger partial charge in [0.1, 0.15) is 0 Å². The lowest BCUT2D eigenvalue weighted by Gasteiger charge is -2.45. The summed E-state index contributed by atoms with van der Waals surface area (Å²) in [6.07, 6.45) is 1.60. The molecule has 8 nitrogen and oxygen atoms in total. The van der Waals surface area contributed by atoms with Crippen LogP contribution in [0.5, 0.6) is 0 Å². The SMILES string of the molecule is CC(C)OC(=O)C1(C(=O)OC(C)C)CC(OCc2ccccc2)C1.OCC1(CO)CC(OCc2ccccc2)C1. The average molecular weight is 557 g/mol. The van der Waals surface area contributed by atoms with Crippen LogP contribution in [0.4, 0.5) is 0 Å². The molecule has 0 atom stereocenters. The molecule has 220 valence electrons. The van der Waals surface area contributed by atoms with Gasteiger partial charge in [0.2, 0.25) is 0 Å². The molecule has 0 heterocycles. The van der Waals surface area contributed by atoms with Gasteiger partial charge in [-0.15, -0.1) is 0 Å². The zero-order valence-electron chi connectivity index (χ0n) is 24.1. The lowest BCUT2D eigenvalue weighted by atomic mass is 9.66. The van der Waals surface area contributed by atoms with Crippen molar-refractivity contribution < 1.29 is 38.7 Å². The summed E-state index contributed by atoms with van der Waals surface area (Å²) in [7, 11) is 0. The summed E-state index contributed by atoms with van der Waals surface area (Å²) in [5.41, 5.74) is 0.703. The molecule has 0 spiro atoms. The summed E-state index contributed by atoms with van der Waals surface area (Å²) >= 11 is 0. The molecule has 0 saturated heterocycles. The van der Waals surface area contributed by atoms with E-state index in [0.29, 0.717) is 26.1 Å². The summed E-state index contributed by atoms with van der Waals surface area (Å²) in [6.45, 7) is 8.23. The first-order chi connectivity index (χ1) is 19.1. The Morgan fingerprint density at radius 1 is 0.700 bits per heavy atom. The predicted molar refractivity (Wildman–Crippen MR) is 150 cm³/mol. The van der Waals surface area contributed by atoms with E-state index in [2.05, 4.69) is 0 Å². The van der Waals surface area contributed by atoms with E-state index in [1.165, 1.54) is 0 Å². The third-order valence-electron chi connectivity index (χ3n) is 7.27. The van der Waals surface area contributed by atoms with Crippen LogP contribution < -0.4 is 0 Å². The first-order valence-corrected chi connectivity index (χ1v) is 14.1. The molecule has 0 amide bonds. The summed E-state index contributed by atoms with van der Waals surface area (Å²) in [4.78, 5) is 24.8. The van der Waals surface area contributed by atoms with Crippen LogP contribution in [-0.4, -0.2) is 59.8 Å². The van der Waals surface area contributed by atoms with Crippen molar-refractivity contribution >= 4 is 11.9 Å². The Morgan fingerprint density at radius 2 is 1.07 bits per heavy atom. The summed E-state index contributed by atoms with van der Waals surface area (Å²) in [5.74, 6) is -1.02. The van der Waals surface area contributed by atoms with Crippen molar-refractivity contribution in [2.45, 2.75) is 91.0 Å². The van der Waals surface area contributed by atoms with Crippen LogP contribution in [-0.2, 0) is 41.8 Å². The van der Waals surface area contributed by atoms with Gasteiger partial charge in [-0.05, 0) is 51.7 Å². The Morgan fingerprint density at radius 3 is 1.43 bits per heavy atom. The number of ether oxygens (including phenoxy) is 4. The van der Waals surface area contributed by atoms with E-state index in [0.717, 1.165) is 24.0 Å². The van der Waals surface area contributed by atoms with Gasteiger partial charge >= 0.3 is 11.9 Å². The number of hydrogen-bond donors (Lipinski definition) is 2. The van der Waals surface area contributed by atoms with Gasteiger partial charge in [0.15, 0.2) is 5.41 Å². The minimum absolute atomic E-state index is 0.0503.